The zero-order valence-corrected chi connectivity index (χ0v) is 26.0. The van der Waals surface area contributed by atoms with Gasteiger partial charge >= 0.3 is 0 Å². The molecule has 220 valence electrons. The lowest BCUT2D eigenvalue weighted by Gasteiger charge is -2.26. The standard InChI is InChI=1S/C47H32/c1-4-14-30(15-5-1)34-26-27-40-41-28-33(24-25-35(41)42-29-43(42)47(40)46(34)32-18-8-3-9-19-32)45-38-22-12-10-20-36(38)44(31-16-6-2-7-17-31)37-21-11-13-23-39(37)45/h1-28,42-43H,29H2. The lowest BCUT2D eigenvalue weighted by atomic mass is 9.77. The SMILES string of the molecule is c1ccc(-c2ccc3c(c2-c2ccccc2)C2CC2c2ccc(-c4c5ccccc5c(-c5ccccc5)c5ccccc45)cc2-3)cc1. The van der Waals surface area contributed by atoms with E-state index in [1.807, 2.05) is 0 Å². The molecule has 0 spiro atoms. The second-order valence-corrected chi connectivity index (χ2v) is 13.1. The molecule has 1 saturated carbocycles. The quantitative estimate of drug-likeness (QED) is 0.177. The largest absolute Gasteiger partial charge is 0.0622 e. The van der Waals surface area contributed by atoms with Crippen LogP contribution in [0.3, 0.4) is 0 Å². The van der Waals surface area contributed by atoms with Gasteiger partial charge in [-0.25, -0.2) is 0 Å². The molecule has 2 unspecified atom stereocenters. The van der Waals surface area contributed by atoms with Crippen molar-refractivity contribution in [2.24, 2.45) is 0 Å². The van der Waals surface area contributed by atoms with Crippen molar-refractivity contribution < 1.29 is 0 Å². The first-order valence-corrected chi connectivity index (χ1v) is 16.8. The molecule has 1 fully saturated rings. The van der Waals surface area contributed by atoms with Crippen molar-refractivity contribution in [2.45, 2.75) is 18.3 Å². The number of rotatable bonds is 4. The van der Waals surface area contributed by atoms with E-state index in [-0.39, 0.29) is 0 Å². The Morgan fingerprint density at radius 3 is 1.36 bits per heavy atom. The van der Waals surface area contributed by atoms with Gasteiger partial charge in [0.15, 0.2) is 0 Å². The highest BCUT2D eigenvalue weighted by atomic mass is 14.5. The van der Waals surface area contributed by atoms with Crippen LogP contribution in [0.5, 0.6) is 0 Å². The summed E-state index contributed by atoms with van der Waals surface area (Å²) in [5.74, 6) is 1.14. The predicted octanol–water partition coefficient (Wildman–Crippen LogP) is 12.9. The molecule has 0 nitrogen and oxygen atoms in total. The van der Waals surface area contributed by atoms with Crippen LogP contribution in [-0.2, 0) is 0 Å². The number of fused-ring (bicyclic) bond motifs is 8. The summed E-state index contributed by atoms with van der Waals surface area (Å²) in [6, 6.07) is 63.0. The molecule has 10 rings (SSSR count). The van der Waals surface area contributed by atoms with Gasteiger partial charge in [0.25, 0.3) is 0 Å². The van der Waals surface area contributed by atoms with Gasteiger partial charge in [-0.1, -0.05) is 164 Å². The molecule has 0 saturated heterocycles. The summed E-state index contributed by atoms with van der Waals surface area (Å²) >= 11 is 0. The zero-order chi connectivity index (χ0) is 30.9. The molecule has 0 bridgehead atoms. The fraction of sp³-hybridized carbons (Fsp3) is 0.0638. The number of hydrogen-bond donors (Lipinski definition) is 0. The summed E-state index contributed by atoms with van der Waals surface area (Å²) in [7, 11) is 0. The van der Waals surface area contributed by atoms with Crippen LogP contribution in [0.4, 0.5) is 0 Å². The fourth-order valence-corrected chi connectivity index (χ4v) is 8.50. The van der Waals surface area contributed by atoms with E-state index in [2.05, 4.69) is 170 Å². The highest BCUT2D eigenvalue weighted by Gasteiger charge is 2.47. The van der Waals surface area contributed by atoms with Gasteiger partial charge in [-0.15, -0.1) is 0 Å². The molecule has 0 aromatic heterocycles. The molecule has 2 atom stereocenters. The minimum absolute atomic E-state index is 0.564. The smallest absolute Gasteiger partial charge is 0.00262 e. The Balaban J connectivity index is 1.24. The molecule has 2 aliphatic rings. The summed E-state index contributed by atoms with van der Waals surface area (Å²) in [6.07, 6.45) is 1.22. The average Bonchev–Trinajstić information content (AvgIpc) is 3.96. The molecule has 8 aromatic carbocycles. The maximum absolute atomic E-state index is 2.51. The molecule has 0 heteroatoms. The molecule has 0 amide bonds. The van der Waals surface area contributed by atoms with E-state index in [9.17, 15) is 0 Å². The summed E-state index contributed by atoms with van der Waals surface area (Å²) in [5.41, 5.74) is 16.3. The van der Waals surface area contributed by atoms with Crippen LogP contribution in [0.25, 0.3) is 77.2 Å². The third-order valence-electron chi connectivity index (χ3n) is 10.6. The van der Waals surface area contributed by atoms with Crippen molar-refractivity contribution >= 4 is 21.5 Å². The molecule has 0 heterocycles. The average molecular weight is 597 g/mol. The van der Waals surface area contributed by atoms with Crippen molar-refractivity contribution in [1.29, 1.82) is 0 Å². The zero-order valence-electron chi connectivity index (χ0n) is 26.0. The topological polar surface area (TPSA) is 0 Å². The van der Waals surface area contributed by atoms with Gasteiger partial charge in [0, 0.05) is 0 Å². The minimum atomic E-state index is 0.564. The molecular weight excluding hydrogens is 565 g/mol. The van der Waals surface area contributed by atoms with E-state index in [1.54, 1.807) is 0 Å². The molecule has 8 aromatic rings. The summed E-state index contributed by atoms with van der Waals surface area (Å²) in [5, 5.41) is 5.20. The summed E-state index contributed by atoms with van der Waals surface area (Å²) < 4.78 is 0. The molecule has 47 heavy (non-hydrogen) atoms. The first kappa shape index (κ1) is 26.5. The van der Waals surface area contributed by atoms with Crippen LogP contribution < -0.4 is 0 Å². The maximum Gasteiger partial charge on any atom is -0.00262 e. The Bertz CT molecular complexity index is 2410. The van der Waals surface area contributed by atoms with Gasteiger partial charge < -0.3 is 0 Å². The van der Waals surface area contributed by atoms with Crippen LogP contribution in [-0.4, -0.2) is 0 Å². The van der Waals surface area contributed by atoms with Crippen molar-refractivity contribution in [3.8, 4) is 55.6 Å². The van der Waals surface area contributed by atoms with E-state index < -0.39 is 0 Å². The maximum atomic E-state index is 2.51. The van der Waals surface area contributed by atoms with Gasteiger partial charge in [0.2, 0.25) is 0 Å². The van der Waals surface area contributed by atoms with Crippen LogP contribution in [0.1, 0.15) is 29.4 Å². The summed E-state index contributed by atoms with van der Waals surface area (Å²) in [4.78, 5) is 0. The van der Waals surface area contributed by atoms with Gasteiger partial charge in [0.1, 0.15) is 0 Å². The Morgan fingerprint density at radius 1 is 0.319 bits per heavy atom. The first-order valence-electron chi connectivity index (χ1n) is 16.8. The minimum Gasteiger partial charge on any atom is -0.0622 e. The monoisotopic (exact) mass is 596 g/mol. The third-order valence-corrected chi connectivity index (χ3v) is 10.6. The van der Waals surface area contributed by atoms with Gasteiger partial charge in [-0.3, -0.25) is 0 Å². The van der Waals surface area contributed by atoms with E-state index in [0.29, 0.717) is 11.8 Å². The Hall–Kier alpha value is -5.72. The number of hydrogen-bond acceptors (Lipinski definition) is 0. The third kappa shape index (κ3) is 4.08. The van der Waals surface area contributed by atoms with E-state index in [0.717, 1.165) is 0 Å². The molecular formula is C47H32. The molecule has 0 N–H and O–H groups in total. The van der Waals surface area contributed by atoms with Crippen LogP contribution in [0.2, 0.25) is 0 Å². The molecule has 2 aliphatic carbocycles. The van der Waals surface area contributed by atoms with Crippen LogP contribution >= 0.6 is 0 Å². The Kier molecular flexibility index (Phi) is 5.87. The van der Waals surface area contributed by atoms with Gasteiger partial charge in [-0.2, -0.15) is 0 Å². The van der Waals surface area contributed by atoms with Crippen LogP contribution in [0, 0.1) is 0 Å². The van der Waals surface area contributed by atoms with E-state index in [4.69, 9.17) is 0 Å². The van der Waals surface area contributed by atoms with E-state index in [1.165, 1.54) is 94.7 Å². The fourth-order valence-electron chi connectivity index (χ4n) is 8.50. The predicted molar refractivity (Wildman–Crippen MR) is 199 cm³/mol. The van der Waals surface area contributed by atoms with E-state index >= 15 is 0 Å². The lowest BCUT2D eigenvalue weighted by molar-refractivity contribution is 1.01. The normalized spacial score (nSPS) is 16.0. The highest BCUT2D eigenvalue weighted by molar-refractivity contribution is 6.21. The second-order valence-electron chi connectivity index (χ2n) is 13.1. The molecule has 0 aliphatic heterocycles. The van der Waals surface area contributed by atoms with Crippen molar-refractivity contribution in [2.75, 3.05) is 0 Å². The first-order chi connectivity index (χ1) is 23.3. The number of benzene rings is 8. The van der Waals surface area contributed by atoms with Crippen molar-refractivity contribution in [3.63, 3.8) is 0 Å². The summed E-state index contributed by atoms with van der Waals surface area (Å²) in [6.45, 7) is 0. The second kappa shape index (κ2) is 10.4. The Morgan fingerprint density at radius 2 is 0.787 bits per heavy atom. The van der Waals surface area contributed by atoms with Crippen LogP contribution in [0.15, 0.2) is 170 Å². The molecule has 0 radical (unpaired) electrons. The van der Waals surface area contributed by atoms with Gasteiger partial charge in [-0.05, 0) is 113 Å². The highest BCUT2D eigenvalue weighted by Crippen LogP contribution is 2.65. The van der Waals surface area contributed by atoms with Crippen molar-refractivity contribution in [1.82, 2.24) is 0 Å². The van der Waals surface area contributed by atoms with Crippen molar-refractivity contribution in [3.05, 3.63) is 181 Å². The van der Waals surface area contributed by atoms with Gasteiger partial charge in [0.05, 0.1) is 0 Å². The Labute approximate surface area is 275 Å². The lowest BCUT2D eigenvalue weighted by Crippen LogP contribution is -2.03.